The number of rotatable bonds is 1. The average molecular weight is 271 g/mol. The number of hydrogen-bond acceptors (Lipinski definition) is 2. The van der Waals surface area contributed by atoms with Crippen LogP contribution in [0.4, 0.5) is 0 Å². The van der Waals surface area contributed by atoms with Crippen molar-refractivity contribution in [3.05, 3.63) is 69.5 Å². The summed E-state index contributed by atoms with van der Waals surface area (Å²) in [5.41, 5.74) is 2.62. The number of fused-ring (bicyclic) bond motifs is 1. The molecule has 3 aromatic rings. The van der Waals surface area contributed by atoms with Gasteiger partial charge in [0.25, 0.3) is 0 Å². The minimum absolute atomic E-state index is 0.347. The molecule has 0 bridgehead atoms. The van der Waals surface area contributed by atoms with Crippen molar-refractivity contribution in [2.24, 2.45) is 0 Å². The van der Waals surface area contributed by atoms with Crippen LogP contribution in [0.2, 0.25) is 5.02 Å². The normalized spacial score (nSPS) is 10.8. The van der Waals surface area contributed by atoms with Gasteiger partial charge >= 0.3 is 5.63 Å². The third kappa shape index (κ3) is 2.27. The maximum Gasteiger partial charge on any atom is 0.344 e. The molecular formula is C16H11ClO2. The van der Waals surface area contributed by atoms with Crippen LogP contribution in [0.5, 0.6) is 0 Å². The summed E-state index contributed by atoms with van der Waals surface area (Å²) in [4.78, 5) is 12.0. The molecule has 0 atom stereocenters. The van der Waals surface area contributed by atoms with Crippen LogP contribution in [0.3, 0.4) is 0 Å². The Kier molecular flexibility index (Phi) is 2.88. The molecule has 0 aliphatic rings. The van der Waals surface area contributed by atoms with Gasteiger partial charge in [-0.15, -0.1) is 0 Å². The highest BCUT2D eigenvalue weighted by Crippen LogP contribution is 2.23. The first-order chi connectivity index (χ1) is 9.13. The molecule has 0 saturated heterocycles. The topological polar surface area (TPSA) is 30.2 Å². The zero-order valence-electron chi connectivity index (χ0n) is 10.3. The highest BCUT2D eigenvalue weighted by atomic mass is 35.5. The number of aryl methyl sites for hydroxylation is 1. The first-order valence-electron chi connectivity index (χ1n) is 5.94. The summed E-state index contributed by atoms with van der Waals surface area (Å²) in [6.45, 7) is 1.96. The summed E-state index contributed by atoms with van der Waals surface area (Å²) in [5.74, 6) is 0. The second kappa shape index (κ2) is 4.56. The molecule has 0 aliphatic heterocycles. The number of benzene rings is 2. The van der Waals surface area contributed by atoms with E-state index in [0.717, 1.165) is 16.5 Å². The Hall–Kier alpha value is -2.06. The monoisotopic (exact) mass is 270 g/mol. The first-order valence-corrected chi connectivity index (χ1v) is 6.32. The predicted octanol–water partition coefficient (Wildman–Crippen LogP) is 4.42. The van der Waals surface area contributed by atoms with Crippen molar-refractivity contribution in [3.8, 4) is 11.1 Å². The lowest BCUT2D eigenvalue weighted by atomic mass is 10.1. The van der Waals surface area contributed by atoms with Crippen molar-refractivity contribution < 1.29 is 4.42 Å². The summed E-state index contributed by atoms with van der Waals surface area (Å²) in [5, 5.41) is 1.50. The van der Waals surface area contributed by atoms with Gasteiger partial charge in [0.2, 0.25) is 0 Å². The van der Waals surface area contributed by atoms with E-state index < -0.39 is 0 Å². The minimum Gasteiger partial charge on any atom is -0.422 e. The van der Waals surface area contributed by atoms with Crippen molar-refractivity contribution in [1.29, 1.82) is 0 Å². The van der Waals surface area contributed by atoms with E-state index in [0.29, 0.717) is 16.2 Å². The second-order valence-electron chi connectivity index (χ2n) is 4.50. The van der Waals surface area contributed by atoms with Crippen molar-refractivity contribution in [2.75, 3.05) is 0 Å². The van der Waals surface area contributed by atoms with Gasteiger partial charge in [-0.1, -0.05) is 35.9 Å². The Bertz CT molecular complexity index is 818. The maximum absolute atomic E-state index is 12.0. The van der Waals surface area contributed by atoms with Crippen LogP contribution in [-0.2, 0) is 0 Å². The van der Waals surface area contributed by atoms with Crippen molar-refractivity contribution in [3.63, 3.8) is 0 Å². The molecule has 0 N–H and O–H groups in total. The van der Waals surface area contributed by atoms with Crippen molar-refractivity contribution in [1.82, 2.24) is 0 Å². The van der Waals surface area contributed by atoms with Crippen LogP contribution in [-0.4, -0.2) is 0 Å². The van der Waals surface area contributed by atoms with E-state index in [-0.39, 0.29) is 5.63 Å². The Labute approximate surface area is 115 Å². The molecule has 0 spiro atoms. The summed E-state index contributed by atoms with van der Waals surface area (Å²) in [6, 6.07) is 14.8. The van der Waals surface area contributed by atoms with E-state index in [1.54, 1.807) is 12.1 Å². The third-order valence-electron chi connectivity index (χ3n) is 3.03. The Morgan fingerprint density at radius 1 is 1.05 bits per heavy atom. The lowest BCUT2D eigenvalue weighted by molar-refractivity contribution is 0.563. The molecule has 2 aromatic carbocycles. The molecule has 3 rings (SSSR count). The maximum atomic E-state index is 12.0. The van der Waals surface area contributed by atoms with E-state index in [1.807, 2.05) is 43.3 Å². The molecule has 1 aromatic heterocycles. The van der Waals surface area contributed by atoms with Gasteiger partial charge in [-0.3, -0.25) is 0 Å². The van der Waals surface area contributed by atoms with E-state index >= 15 is 0 Å². The highest BCUT2D eigenvalue weighted by molar-refractivity contribution is 6.30. The fraction of sp³-hybridized carbons (Fsp3) is 0.0625. The van der Waals surface area contributed by atoms with E-state index in [9.17, 15) is 4.79 Å². The molecule has 0 radical (unpaired) electrons. The SMILES string of the molecule is Cc1ccc2cc(-c3cccc(Cl)c3)c(=O)oc2c1. The first kappa shape index (κ1) is 12.0. The Morgan fingerprint density at radius 3 is 2.68 bits per heavy atom. The molecule has 2 nitrogen and oxygen atoms in total. The smallest absolute Gasteiger partial charge is 0.344 e. The molecule has 19 heavy (non-hydrogen) atoms. The van der Waals surface area contributed by atoms with Gasteiger partial charge < -0.3 is 4.42 Å². The molecule has 1 heterocycles. The van der Waals surface area contributed by atoms with Gasteiger partial charge in [0, 0.05) is 10.4 Å². The largest absolute Gasteiger partial charge is 0.422 e. The lowest BCUT2D eigenvalue weighted by Crippen LogP contribution is -2.02. The summed E-state index contributed by atoms with van der Waals surface area (Å²) in [6.07, 6.45) is 0. The van der Waals surface area contributed by atoms with Gasteiger partial charge in [-0.25, -0.2) is 4.79 Å². The lowest BCUT2D eigenvalue weighted by Gasteiger charge is -2.03. The highest BCUT2D eigenvalue weighted by Gasteiger charge is 2.08. The second-order valence-corrected chi connectivity index (χ2v) is 4.94. The van der Waals surface area contributed by atoms with Crippen molar-refractivity contribution in [2.45, 2.75) is 6.92 Å². The molecule has 0 fully saturated rings. The predicted molar refractivity (Wildman–Crippen MR) is 77.7 cm³/mol. The molecule has 0 saturated carbocycles. The van der Waals surface area contributed by atoms with Gasteiger partial charge in [0.15, 0.2) is 0 Å². The summed E-state index contributed by atoms with van der Waals surface area (Å²) >= 11 is 5.95. The molecule has 0 aliphatic carbocycles. The molecule has 0 amide bonds. The van der Waals surface area contributed by atoms with Gasteiger partial charge in [0.05, 0.1) is 5.56 Å². The van der Waals surface area contributed by atoms with E-state index in [2.05, 4.69) is 0 Å². The third-order valence-corrected chi connectivity index (χ3v) is 3.26. The Morgan fingerprint density at radius 2 is 1.89 bits per heavy atom. The van der Waals surface area contributed by atoms with Gasteiger partial charge in [-0.05, 0) is 42.3 Å². The van der Waals surface area contributed by atoms with E-state index in [4.69, 9.17) is 16.0 Å². The number of halogens is 1. The Balaban J connectivity index is 2.28. The molecular weight excluding hydrogens is 260 g/mol. The molecule has 0 unspecified atom stereocenters. The van der Waals surface area contributed by atoms with Crippen LogP contribution >= 0.6 is 11.6 Å². The summed E-state index contributed by atoms with van der Waals surface area (Å²) in [7, 11) is 0. The standard InChI is InChI=1S/C16H11ClO2/c1-10-5-6-12-9-14(16(18)19-15(12)7-10)11-3-2-4-13(17)8-11/h2-9H,1H3. The molecule has 3 heteroatoms. The fourth-order valence-corrected chi connectivity index (χ4v) is 2.27. The number of hydrogen-bond donors (Lipinski definition) is 0. The van der Waals surface area contributed by atoms with Crippen LogP contribution < -0.4 is 5.63 Å². The van der Waals surface area contributed by atoms with Crippen LogP contribution in [0.25, 0.3) is 22.1 Å². The van der Waals surface area contributed by atoms with Crippen LogP contribution in [0.1, 0.15) is 5.56 Å². The van der Waals surface area contributed by atoms with Gasteiger partial charge in [0.1, 0.15) is 5.58 Å². The summed E-state index contributed by atoms with van der Waals surface area (Å²) < 4.78 is 5.37. The van der Waals surface area contributed by atoms with Crippen LogP contribution in [0.15, 0.2) is 57.7 Å². The van der Waals surface area contributed by atoms with Gasteiger partial charge in [-0.2, -0.15) is 0 Å². The zero-order chi connectivity index (χ0) is 13.4. The molecule has 94 valence electrons. The van der Waals surface area contributed by atoms with Crippen LogP contribution in [0, 0.1) is 6.92 Å². The zero-order valence-corrected chi connectivity index (χ0v) is 11.1. The average Bonchev–Trinajstić information content (AvgIpc) is 2.37. The quantitative estimate of drug-likeness (QED) is 0.613. The van der Waals surface area contributed by atoms with E-state index in [1.165, 1.54) is 0 Å². The minimum atomic E-state index is -0.347. The fourth-order valence-electron chi connectivity index (χ4n) is 2.08. The van der Waals surface area contributed by atoms with Crippen molar-refractivity contribution >= 4 is 22.6 Å².